The molecule has 0 bridgehead atoms. The van der Waals surface area contributed by atoms with Crippen molar-refractivity contribution in [3.05, 3.63) is 70.5 Å². The number of aryl methyl sites for hydroxylation is 1. The molecule has 2 atom stereocenters. The fourth-order valence-corrected chi connectivity index (χ4v) is 5.34. The van der Waals surface area contributed by atoms with Crippen LogP contribution in [0.15, 0.2) is 48.5 Å². The van der Waals surface area contributed by atoms with Crippen molar-refractivity contribution in [2.75, 3.05) is 26.2 Å². The molecule has 0 N–H and O–H groups in total. The van der Waals surface area contributed by atoms with Crippen LogP contribution >= 0.6 is 11.6 Å². The summed E-state index contributed by atoms with van der Waals surface area (Å²) in [6.45, 7) is 6.25. The van der Waals surface area contributed by atoms with E-state index >= 15 is 0 Å². The van der Waals surface area contributed by atoms with Gasteiger partial charge in [-0.05, 0) is 42.0 Å². The van der Waals surface area contributed by atoms with E-state index in [-0.39, 0.29) is 17.1 Å². The molecule has 0 aliphatic carbocycles. The van der Waals surface area contributed by atoms with Gasteiger partial charge in [-0.15, -0.1) is 0 Å². The molecule has 154 valence electrons. The predicted octanol–water partition coefficient (Wildman–Crippen LogP) is 4.78. The van der Waals surface area contributed by atoms with E-state index in [0.717, 1.165) is 51.1 Å². The Morgan fingerprint density at radius 1 is 1.17 bits per heavy atom. The number of hydrogen-bond acceptors (Lipinski definition) is 2. The fourth-order valence-electron chi connectivity index (χ4n) is 5.11. The molecule has 4 rings (SSSR count). The van der Waals surface area contributed by atoms with Crippen LogP contribution in [-0.2, 0) is 17.8 Å². The van der Waals surface area contributed by atoms with E-state index in [4.69, 9.17) is 11.6 Å². The molecule has 1 amide bonds. The average molecular weight is 415 g/mol. The van der Waals surface area contributed by atoms with Crippen molar-refractivity contribution in [3.8, 4) is 0 Å². The molecule has 0 radical (unpaired) electrons. The van der Waals surface area contributed by atoms with Crippen molar-refractivity contribution >= 4 is 17.5 Å². The number of hydrogen-bond donors (Lipinski definition) is 0. The normalized spacial score (nSPS) is 24.1. The van der Waals surface area contributed by atoms with Crippen molar-refractivity contribution in [3.63, 3.8) is 0 Å². The van der Waals surface area contributed by atoms with Crippen molar-refractivity contribution in [1.82, 2.24) is 9.80 Å². The van der Waals surface area contributed by atoms with Gasteiger partial charge in [-0.3, -0.25) is 9.69 Å². The second-order valence-corrected chi connectivity index (χ2v) is 8.99. The third kappa shape index (κ3) is 4.34. The quantitative estimate of drug-likeness (QED) is 0.679. The van der Waals surface area contributed by atoms with Gasteiger partial charge in [0.1, 0.15) is 5.82 Å². The number of rotatable bonds is 6. The van der Waals surface area contributed by atoms with Crippen LogP contribution in [0.2, 0.25) is 5.02 Å². The number of carbonyl (C=O) groups is 1. The first kappa shape index (κ1) is 20.4. The molecule has 2 aromatic carbocycles. The van der Waals surface area contributed by atoms with Gasteiger partial charge in [-0.2, -0.15) is 0 Å². The maximum atomic E-state index is 13.4. The summed E-state index contributed by atoms with van der Waals surface area (Å²) < 4.78 is 13.4. The predicted molar refractivity (Wildman–Crippen MR) is 114 cm³/mol. The van der Waals surface area contributed by atoms with Crippen LogP contribution in [0.3, 0.4) is 0 Å². The number of likely N-dealkylation sites (tertiary alicyclic amines) is 2. The number of halogens is 2. The summed E-state index contributed by atoms with van der Waals surface area (Å²) in [5, 5.41) is 0.489. The van der Waals surface area contributed by atoms with Crippen LogP contribution in [-0.4, -0.2) is 41.9 Å². The summed E-state index contributed by atoms with van der Waals surface area (Å²) in [5.41, 5.74) is 2.43. The number of fused-ring (bicyclic) bond motifs is 1. The lowest BCUT2D eigenvalue weighted by atomic mass is 9.76. The minimum absolute atomic E-state index is 0.118. The highest BCUT2D eigenvalue weighted by Gasteiger charge is 2.52. The molecular formula is C24H28ClFN2O. The molecule has 2 saturated heterocycles. The fraction of sp³-hybridized carbons (Fsp3) is 0.458. The van der Waals surface area contributed by atoms with E-state index < -0.39 is 0 Å². The first-order valence-electron chi connectivity index (χ1n) is 10.5. The molecule has 0 aromatic heterocycles. The average Bonchev–Trinajstić information content (AvgIpc) is 3.22. The molecule has 5 heteroatoms. The topological polar surface area (TPSA) is 23.6 Å². The Hall–Kier alpha value is -1.91. The van der Waals surface area contributed by atoms with Gasteiger partial charge < -0.3 is 4.90 Å². The monoisotopic (exact) mass is 414 g/mol. The molecule has 29 heavy (non-hydrogen) atoms. The summed E-state index contributed by atoms with van der Waals surface area (Å²) >= 11 is 6.27. The number of amides is 1. The summed E-state index contributed by atoms with van der Waals surface area (Å²) in [6.07, 6.45) is 2.66. The van der Waals surface area contributed by atoms with Crippen LogP contribution in [0.5, 0.6) is 0 Å². The number of benzene rings is 2. The summed E-state index contributed by atoms with van der Waals surface area (Å²) in [6, 6.07) is 15.2. The highest BCUT2D eigenvalue weighted by atomic mass is 35.5. The standard InChI is InChI=1S/C24H28ClFN2O/c1-2-23(29)28-15-20-14-27(13-19-8-9-21(26)12-22(19)25)16-24(20,17-28)11-10-18-6-4-3-5-7-18/h3-9,12,20H,2,10-11,13-17H2,1H3. The van der Waals surface area contributed by atoms with E-state index in [0.29, 0.717) is 17.4 Å². The SMILES string of the molecule is CCC(=O)N1CC2CN(Cc3ccc(F)cc3Cl)CC2(CCc2ccccc2)C1. The minimum Gasteiger partial charge on any atom is -0.342 e. The van der Waals surface area contributed by atoms with Crippen LogP contribution in [0.4, 0.5) is 4.39 Å². The molecule has 2 aromatic rings. The Bertz CT molecular complexity index is 874. The van der Waals surface area contributed by atoms with E-state index in [1.807, 2.05) is 13.0 Å². The zero-order valence-electron chi connectivity index (χ0n) is 16.9. The molecular weight excluding hydrogens is 387 g/mol. The molecule has 3 nitrogen and oxygen atoms in total. The number of carbonyl (C=O) groups excluding carboxylic acids is 1. The maximum Gasteiger partial charge on any atom is 0.222 e. The third-order valence-electron chi connectivity index (χ3n) is 6.65. The Morgan fingerprint density at radius 3 is 2.69 bits per heavy atom. The van der Waals surface area contributed by atoms with Gasteiger partial charge in [0.2, 0.25) is 5.91 Å². The lowest BCUT2D eigenvalue weighted by Crippen LogP contribution is -2.36. The van der Waals surface area contributed by atoms with E-state index in [9.17, 15) is 9.18 Å². The molecule has 0 spiro atoms. The molecule has 2 unspecified atom stereocenters. The largest absolute Gasteiger partial charge is 0.342 e. The molecule has 2 aliphatic rings. The van der Waals surface area contributed by atoms with Crippen molar-refractivity contribution in [2.45, 2.75) is 32.7 Å². The van der Waals surface area contributed by atoms with Gasteiger partial charge >= 0.3 is 0 Å². The van der Waals surface area contributed by atoms with Gasteiger partial charge in [0.15, 0.2) is 0 Å². The summed E-state index contributed by atoms with van der Waals surface area (Å²) in [5.74, 6) is 0.428. The van der Waals surface area contributed by atoms with E-state index in [1.165, 1.54) is 17.7 Å². The third-order valence-corrected chi connectivity index (χ3v) is 7.00. The highest BCUT2D eigenvalue weighted by molar-refractivity contribution is 6.31. The second-order valence-electron chi connectivity index (χ2n) is 8.58. The van der Waals surface area contributed by atoms with Gasteiger partial charge in [0, 0.05) is 49.6 Å². The molecule has 2 aliphatic heterocycles. The Morgan fingerprint density at radius 2 is 1.97 bits per heavy atom. The first-order valence-corrected chi connectivity index (χ1v) is 10.8. The zero-order chi connectivity index (χ0) is 20.4. The van der Waals surface area contributed by atoms with Gasteiger partial charge in [-0.25, -0.2) is 4.39 Å². The Labute approximate surface area is 177 Å². The van der Waals surface area contributed by atoms with Gasteiger partial charge in [0.05, 0.1) is 0 Å². The van der Waals surface area contributed by atoms with Crippen LogP contribution in [0.25, 0.3) is 0 Å². The second kappa shape index (κ2) is 8.45. The van der Waals surface area contributed by atoms with Crippen molar-refractivity contribution in [1.29, 1.82) is 0 Å². The Kier molecular flexibility index (Phi) is 5.93. The maximum absolute atomic E-state index is 13.4. The first-order chi connectivity index (χ1) is 14.0. The summed E-state index contributed by atoms with van der Waals surface area (Å²) in [4.78, 5) is 16.9. The highest BCUT2D eigenvalue weighted by Crippen LogP contribution is 2.46. The minimum atomic E-state index is -0.301. The van der Waals surface area contributed by atoms with Crippen molar-refractivity contribution < 1.29 is 9.18 Å². The smallest absolute Gasteiger partial charge is 0.222 e. The van der Waals surface area contributed by atoms with Crippen molar-refractivity contribution in [2.24, 2.45) is 11.3 Å². The summed E-state index contributed by atoms with van der Waals surface area (Å²) in [7, 11) is 0. The van der Waals surface area contributed by atoms with Crippen LogP contribution in [0, 0.1) is 17.2 Å². The molecule has 0 saturated carbocycles. The zero-order valence-corrected chi connectivity index (χ0v) is 17.7. The van der Waals surface area contributed by atoms with Gasteiger partial charge in [0.25, 0.3) is 0 Å². The molecule has 2 heterocycles. The lowest BCUT2D eigenvalue weighted by molar-refractivity contribution is -0.130. The van der Waals surface area contributed by atoms with Crippen LogP contribution in [0.1, 0.15) is 30.9 Å². The van der Waals surface area contributed by atoms with E-state index in [1.54, 1.807) is 6.07 Å². The van der Waals surface area contributed by atoms with E-state index in [2.05, 4.69) is 34.1 Å². The Balaban J connectivity index is 1.50. The lowest BCUT2D eigenvalue weighted by Gasteiger charge is -2.30. The molecule has 2 fully saturated rings. The van der Waals surface area contributed by atoms with Crippen LogP contribution < -0.4 is 0 Å². The van der Waals surface area contributed by atoms with Gasteiger partial charge in [-0.1, -0.05) is 54.9 Å². The number of nitrogens with zero attached hydrogens (tertiary/aromatic N) is 2.